The fraction of sp³-hybridized carbons (Fsp3) is 0.118. The number of fused-ring (bicyclic) bond motifs is 1. The maximum atomic E-state index is 5.49. The average Bonchev–Trinajstić information content (AvgIpc) is 2.53. The zero-order valence-corrected chi connectivity index (χ0v) is 11.1. The number of rotatable bonds is 5. The largest absolute Gasteiger partial charge is 0.297 e. The summed E-state index contributed by atoms with van der Waals surface area (Å²) in [6.07, 6.45) is 1.82. The summed E-state index contributed by atoms with van der Waals surface area (Å²) >= 11 is 0. The molecular formula is C17H16N2O. The molecule has 3 nitrogen and oxygen atoms in total. The molecule has 0 saturated carbocycles. The number of hydroxylamine groups is 1. The van der Waals surface area contributed by atoms with Crippen LogP contribution >= 0.6 is 0 Å². The number of hydrogen-bond donors (Lipinski definition) is 1. The number of nitrogens with one attached hydrogen (secondary N) is 1. The summed E-state index contributed by atoms with van der Waals surface area (Å²) in [7, 11) is 0. The Morgan fingerprint density at radius 1 is 0.900 bits per heavy atom. The predicted molar refractivity (Wildman–Crippen MR) is 79.8 cm³/mol. The number of para-hydroxylation sites is 1. The molecule has 0 unspecified atom stereocenters. The highest BCUT2D eigenvalue weighted by atomic mass is 16.6. The molecule has 0 aliphatic rings. The maximum absolute atomic E-state index is 5.49. The van der Waals surface area contributed by atoms with Gasteiger partial charge in [-0.1, -0.05) is 54.6 Å². The summed E-state index contributed by atoms with van der Waals surface area (Å²) in [4.78, 5) is 9.92. The Hall–Kier alpha value is -2.23. The predicted octanol–water partition coefficient (Wildman–Crippen LogP) is 3.46. The van der Waals surface area contributed by atoms with Gasteiger partial charge in [0.15, 0.2) is 0 Å². The van der Waals surface area contributed by atoms with E-state index >= 15 is 0 Å². The minimum atomic E-state index is 0.555. The number of aromatic nitrogens is 1. The van der Waals surface area contributed by atoms with Crippen molar-refractivity contribution in [2.24, 2.45) is 0 Å². The highest BCUT2D eigenvalue weighted by Crippen LogP contribution is 2.15. The van der Waals surface area contributed by atoms with Crippen molar-refractivity contribution in [3.8, 4) is 0 Å². The third-order valence-electron chi connectivity index (χ3n) is 3.16. The number of nitrogens with zero attached hydrogens (tertiary/aromatic N) is 1. The second kappa shape index (κ2) is 6.28. The van der Waals surface area contributed by atoms with E-state index in [0.717, 1.165) is 22.0 Å². The van der Waals surface area contributed by atoms with E-state index in [-0.39, 0.29) is 0 Å². The van der Waals surface area contributed by atoms with Gasteiger partial charge < -0.3 is 0 Å². The standard InChI is InChI=1S/C17H16N2O/c1-2-6-14(7-3-1)13-20-19-12-16-9-4-8-15-10-5-11-18-17(15)16/h1-11,19H,12-13H2. The van der Waals surface area contributed by atoms with Crippen LogP contribution in [0, 0.1) is 0 Å². The minimum Gasteiger partial charge on any atom is -0.297 e. The van der Waals surface area contributed by atoms with Crippen molar-refractivity contribution in [2.45, 2.75) is 13.2 Å². The van der Waals surface area contributed by atoms with Crippen LogP contribution in [0.1, 0.15) is 11.1 Å². The van der Waals surface area contributed by atoms with Crippen LogP contribution in [0.4, 0.5) is 0 Å². The van der Waals surface area contributed by atoms with Crippen molar-refractivity contribution in [3.05, 3.63) is 78.0 Å². The lowest BCUT2D eigenvalue weighted by molar-refractivity contribution is 0.0237. The highest BCUT2D eigenvalue weighted by molar-refractivity contribution is 5.81. The average molecular weight is 264 g/mol. The lowest BCUT2D eigenvalue weighted by Crippen LogP contribution is -2.14. The molecule has 0 amide bonds. The minimum absolute atomic E-state index is 0.555. The van der Waals surface area contributed by atoms with Gasteiger partial charge in [-0.25, -0.2) is 0 Å². The summed E-state index contributed by atoms with van der Waals surface area (Å²) in [6, 6.07) is 20.3. The van der Waals surface area contributed by atoms with E-state index in [1.165, 1.54) is 0 Å². The molecule has 3 heteroatoms. The molecule has 1 N–H and O–H groups in total. The van der Waals surface area contributed by atoms with E-state index in [0.29, 0.717) is 13.2 Å². The molecular weight excluding hydrogens is 248 g/mol. The second-order valence-corrected chi connectivity index (χ2v) is 4.59. The van der Waals surface area contributed by atoms with Gasteiger partial charge in [-0.15, -0.1) is 0 Å². The van der Waals surface area contributed by atoms with Gasteiger partial charge in [0.1, 0.15) is 0 Å². The van der Waals surface area contributed by atoms with Gasteiger partial charge in [-0.2, -0.15) is 5.48 Å². The Morgan fingerprint density at radius 2 is 1.75 bits per heavy atom. The maximum Gasteiger partial charge on any atom is 0.0933 e. The van der Waals surface area contributed by atoms with Crippen molar-refractivity contribution in [2.75, 3.05) is 0 Å². The Kier molecular flexibility index (Phi) is 4.01. The van der Waals surface area contributed by atoms with Gasteiger partial charge >= 0.3 is 0 Å². The summed E-state index contributed by atoms with van der Waals surface area (Å²) < 4.78 is 0. The van der Waals surface area contributed by atoms with Gasteiger partial charge in [0, 0.05) is 18.1 Å². The van der Waals surface area contributed by atoms with Gasteiger partial charge in [0.25, 0.3) is 0 Å². The first-order valence-corrected chi connectivity index (χ1v) is 6.65. The molecule has 0 aliphatic heterocycles. The topological polar surface area (TPSA) is 34.1 Å². The zero-order chi connectivity index (χ0) is 13.6. The smallest absolute Gasteiger partial charge is 0.0933 e. The van der Waals surface area contributed by atoms with E-state index in [1.807, 2.05) is 48.7 Å². The fourth-order valence-corrected chi connectivity index (χ4v) is 2.15. The summed E-state index contributed by atoms with van der Waals surface area (Å²) in [5.74, 6) is 0. The van der Waals surface area contributed by atoms with Crippen LogP contribution in [-0.2, 0) is 18.0 Å². The van der Waals surface area contributed by atoms with Crippen LogP contribution in [0.5, 0.6) is 0 Å². The molecule has 0 saturated heterocycles. The second-order valence-electron chi connectivity index (χ2n) is 4.59. The molecule has 0 spiro atoms. The molecule has 2 aromatic carbocycles. The lowest BCUT2D eigenvalue weighted by Gasteiger charge is -2.08. The highest BCUT2D eigenvalue weighted by Gasteiger charge is 2.01. The van der Waals surface area contributed by atoms with E-state index in [4.69, 9.17) is 4.84 Å². The van der Waals surface area contributed by atoms with E-state index in [2.05, 4.69) is 28.7 Å². The Balaban J connectivity index is 1.60. The SMILES string of the molecule is c1ccc(CONCc2cccc3cccnc23)cc1. The third-order valence-corrected chi connectivity index (χ3v) is 3.16. The third kappa shape index (κ3) is 3.02. The van der Waals surface area contributed by atoms with Crippen molar-refractivity contribution < 1.29 is 4.84 Å². The molecule has 1 heterocycles. The van der Waals surface area contributed by atoms with Crippen LogP contribution in [-0.4, -0.2) is 4.98 Å². The number of pyridine rings is 1. The molecule has 100 valence electrons. The lowest BCUT2D eigenvalue weighted by atomic mass is 10.1. The zero-order valence-electron chi connectivity index (χ0n) is 11.1. The Morgan fingerprint density at radius 3 is 2.65 bits per heavy atom. The number of hydrogen-bond acceptors (Lipinski definition) is 3. The van der Waals surface area contributed by atoms with Crippen LogP contribution < -0.4 is 5.48 Å². The summed E-state index contributed by atoms with van der Waals surface area (Å²) in [6.45, 7) is 1.19. The molecule has 0 radical (unpaired) electrons. The summed E-state index contributed by atoms with van der Waals surface area (Å²) in [5, 5.41) is 1.15. The quantitative estimate of drug-likeness (QED) is 0.566. The molecule has 3 aromatic rings. The van der Waals surface area contributed by atoms with E-state index in [9.17, 15) is 0 Å². The van der Waals surface area contributed by atoms with Gasteiger partial charge in [0.2, 0.25) is 0 Å². The first-order valence-electron chi connectivity index (χ1n) is 6.65. The Labute approximate surface area is 118 Å². The fourth-order valence-electron chi connectivity index (χ4n) is 2.15. The molecule has 0 atom stereocenters. The first-order chi connectivity index (χ1) is 9.93. The molecule has 0 aliphatic carbocycles. The molecule has 1 aromatic heterocycles. The van der Waals surface area contributed by atoms with Crippen molar-refractivity contribution in [3.63, 3.8) is 0 Å². The van der Waals surface area contributed by atoms with Crippen molar-refractivity contribution in [1.29, 1.82) is 0 Å². The van der Waals surface area contributed by atoms with E-state index < -0.39 is 0 Å². The van der Waals surface area contributed by atoms with Crippen molar-refractivity contribution in [1.82, 2.24) is 10.5 Å². The van der Waals surface area contributed by atoms with Crippen LogP contribution in [0.2, 0.25) is 0 Å². The first kappa shape index (κ1) is 12.8. The molecule has 0 bridgehead atoms. The number of benzene rings is 2. The normalized spacial score (nSPS) is 10.8. The Bertz CT molecular complexity index is 677. The summed E-state index contributed by atoms with van der Waals surface area (Å²) in [5.41, 5.74) is 6.31. The van der Waals surface area contributed by atoms with Crippen molar-refractivity contribution >= 4 is 10.9 Å². The molecule has 0 fully saturated rings. The van der Waals surface area contributed by atoms with E-state index in [1.54, 1.807) is 0 Å². The monoisotopic (exact) mass is 264 g/mol. The van der Waals surface area contributed by atoms with Crippen LogP contribution in [0.3, 0.4) is 0 Å². The van der Waals surface area contributed by atoms with Crippen LogP contribution in [0.15, 0.2) is 66.9 Å². The van der Waals surface area contributed by atoms with Crippen LogP contribution in [0.25, 0.3) is 10.9 Å². The molecule has 3 rings (SSSR count). The van der Waals surface area contributed by atoms with Gasteiger partial charge in [0.05, 0.1) is 12.1 Å². The van der Waals surface area contributed by atoms with Gasteiger partial charge in [-0.3, -0.25) is 9.82 Å². The molecule has 20 heavy (non-hydrogen) atoms. The van der Waals surface area contributed by atoms with Gasteiger partial charge in [-0.05, 0) is 17.2 Å².